The van der Waals surface area contributed by atoms with E-state index in [-0.39, 0.29) is 0 Å². The first-order valence-corrected chi connectivity index (χ1v) is 9.25. The maximum absolute atomic E-state index is 9.50. The van der Waals surface area contributed by atoms with E-state index in [2.05, 4.69) is 28.0 Å². The summed E-state index contributed by atoms with van der Waals surface area (Å²) in [5, 5.41) is 14.0. The standard InChI is InChI=1S/C18H32N4O/c1-15-16(12-20(2)19-15)13-21-9-10-22(18(14-21)8-11-23)17-6-4-3-5-7-17/h12,17-18,23H,3-11,13-14H2,1-2H3. The van der Waals surface area contributed by atoms with Crippen molar-refractivity contribution in [3.8, 4) is 0 Å². The highest BCUT2D eigenvalue weighted by Crippen LogP contribution is 2.27. The van der Waals surface area contributed by atoms with Crippen molar-refractivity contribution < 1.29 is 5.11 Å². The lowest BCUT2D eigenvalue weighted by atomic mass is 9.91. The fraction of sp³-hybridized carbons (Fsp3) is 0.833. The Morgan fingerprint density at radius 1 is 1.22 bits per heavy atom. The summed E-state index contributed by atoms with van der Waals surface area (Å²) >= 11 is 0. The fourth-order valence-electron chi connectivity index (χ4n) is 4.42. The molecular weight excluding hydrogens is 288 g/mol. The monoisotopic (exact) mass is 320 g/mol. The largest absolute Gasteiger partial charge is 0.396 e. The second kappa shape index (κ2) is 7.77. The average molecular weight is 320 g/mol. The summed E-state index contributed by atoms with van der Waals surface area (Å²) in [5.74, 6) is 0. The molecule has 5 nitrogen and oxygen atoms in total. The van der Waals surface area contributed by atoms with Crippen LogP contribution in [0.5, 0.6) is 0 Å². The van der Waals surface area contributed by atoms with Crippen LogP contribution in [0, 0.1) is 6.92 Å². The Bertz CT molecular complexity index is 495. The Kier molecular flexibility index (Phi) is 5.72. The number of aliphatic hydroxyl groups is 1. The third kappa shape index (κ3) is 4.14. The Balaban J connectivity index is 1.62. The molecule has 130 valence electrons. The molecule has 1 aromatic rings. The molecule has 2 fully saturated rings. The van der Waals surface area contributed by atoms with Gasteiger partial charge >= 0.3 is 0 Å². The Hall–Kier alpha value is -0.910. The van der Waals surface area contributed by atoms with Gasteiger partial charge in [-0.25, -0.2) is 0 Å². The molecule has 1 N–H and O–H groups in total. The minimum atomic E-state index is 0.299. The van der Waals surface area contributed by atoms with Crippen molar-refractivity contribution in [1.29, 1.82) is 0 Å². The van der Waals surface area contributed by atoms with Crippen molar-refractivity contribution in [1.82, 2.24) is 19.6 Å². The van der Waals surface area contributed by atoms with Crippen LogP contribution in [0.15, 0.2) is 6.20 Å². The number of nitrogens with zero attached hydrogens (tertiary/aromatic N) is 4. The van der Waals surface area contributed by atoms with Crippen molar-refractivity contribution in [3.63, 3.8) is 0 Å². The molecule has 1 saturated carbocycles. The zero-order valence-electron chi connectivity index (χ0n) is 14.7. The summed E-state index contributed by atoms with van der Waals surface area (Å²) in [6.45, 7) is 6.74. The zero-order valence-corrected chi connectivity index (χ0v) is 14.7. The number of aliphatic hydroxyl groups excluding tert-OH is 1. The summed E-state index contributed by atoms with van der Waals surface area (Å²) in [6.07, 6.45) is 9.91. The van der Waals surface area contributed by atoms with E-state index in [1.54, 1.807) is 0 Å². The minimum absolute atomic E-state index is 0.299. The molecule has 23 heavy (non-hydrogen) atoms. The van der Waals surface area contributed by atoms with Gasteiger partial charge in [0.25, 0.3) is 0 Å². The topological polar surface area (TPSA) is 44.5 Å². The van der Waals surface area contributed by atoms with E-state index in [1.165, 1.54) is 37.7 Å². The maximum atomic E-state index is 9.50. The number of aryl methyl sites for hydroxylation is 2. The molecule has 0 spiro atoms. The van der Waals surface area contributed by atoms with Crippen molar-refractivity contribution in [2.75, 3.05) is 26.2 Å². The van der Waals surface area contributed by atoms with E-state index < -0.39 is 0 Å². The molecule has 1 saturated heterocycles. The molecule has 1 atom stereocenters. The van der Waals surface area contributed by atoms with Crippen LogP contribution < -0.4 is 0 Å². The van der Waals surface area contributed by atoms with Gasteiger partial charge in [-0.3, -0.25) is 14.5 Å². The molecule has 1 aliphatic heterocycles. The van der Waals surface area contributed by atoms with Gasteiger partial charge in [-0.15, -0.1) is 0 Å². The number of aromatic nitrogens is 2. The van der Waals surface area contributed by atoms with E-state index in [9.17, 15) is 5.11 Å². The Morgan fingerprint density at radius 2 is 2.00 bits per heavy atom. The quantitative estimate of drug-likeness (QED) is 0.900. The van der Waals surface area contributed by atoms with Gasteiger partial charge < -0.3 is 5.11 Å². The van der Waals surface area contributed by atoms with Crippen LogP contribution in [-0.2, 0) is 13.6 Å². The number of hydrogen-bond acceptors (Lipinski definition) is 4. The predicted octanol–water partition coefficient (Wildman–Crippen LogP) is 1.93. The summed E-state index contributed by atoms with van der Waals surface area (Å²) in [7, 11) is 1.99. The second-order valence-corrected chi connectivity index (χ2v) is 7.34. The van der Waals surface area contributed by atoms with Crippen molar-refractivity contribution >= 4 is 0 Å². The van der Waals surface area contributed by atoms with Crippen LogP contribution in [0.4, 0.5) is 0 Å². The van der Waals surface area contributed by atoms with Gasteiger partial charge in [0.15, 0.2) is 0 Å². The van der Waals surface area contributed by atoms with Crippen LogP contribution in [0.1, 0.15) is 49.8 Å². The van der Waals surface area contributed by atoms with E-state index >= 15 is 0 Å². The zero-order chi connectivity index (χ0) is 16.2. The number of hydrogen-bond donors (Lipinski definition) is 1. The van der Waals surface area contributed by atoms with Gasteiger partial charge in [-0.05, 0) is 26.2 Å². The normalized spacial score (nSPS) is 25.1. The van der Waals surface area contributed by atoms with Gasteiger partial charge in [0.05, 0.1) is 5.69 Å². The van der Waals surface area contributed by atoms with Crippen molar-refractivity contribution in [2.24, 2.45) is 7.05 Å². The summed E-state index contributed by atoms with van der Waals surface area (Å²) in [6, 6.07) is 1.26. The minimum Gasteiger partial charge on any atom is -0.396 e. The fourth-order valence-corrected chi connectivity index (χ4v) is 4.42. The van der Waals surface area contributed by atoms with Crippen LogP contribution in [-0.4, -0.2) is 63.0 Å². The molecule has 0 amide bonds. The van der Waals surface area contributed by atoms with E-state index in [4.69, 9.17) is 0 Å². The third-order valence-electron chi connectivity index (χ3n) is 5.63. The summed E-state index contributed by atoms with van der Waals surface area (Å²) in [4.78, 5) is 5.26. The molecule has 1 aromatic heterocycles. The highest BCUT2D eigenvalue weighted by atomic mass is 16.3. The van der Waals surface area contributed by atoms with Crippen LogP contribution >= 0.6 is 0 Å². The maximum Gasteiger partial charge on any atom is 0.0638 e. The Morgan fingerprint density at radius 3 is 2.65 bits per heavy atom. The molecule has 0 bridgehead atoms. The van der Waals surface area contributed by atoms with E-state index in [1.807, 2.05) is 11.7 Å². The van der Waals surface area contributed by atoms with Crippen molar-refractivity contribution in [3.05, 3.63) is 17.5 Å². The average Bonchev–Trinajstić information content (AvgIpc) is 2.86. The highest BCUT2D eigenvalue weighted by molar-refractivity contribution is 5.15. The molecule has 5 heteroatoms. The van der Waals surface area contributed by atoms with Gasteiger partial charge in [-0.1, -0.05) is 19.3 Å². The molecule has 2 aliphatic rings. The highest BCUT2D eigenvalue weighted by Gasteiger charge is 2.32. The third-order valence-corrected chi connectivity index (χ3v) is 5.63. The predicted molar refractivity (Wildman–Crippen MR) is 92.3 cm³/mol. The van der Waals surface area contributed by atoms with Gasteiger partial charge in [0.1, 0.15) is 0 Å². The number of rotatable bonds is 5. The van der Waals surface area contributed by atoms with Crippen LogP contribution in [0.3, 0.4) is 0 Å². The Labute approximate surface area is 140 Å². The first-order valence-electron chi connectivity index (χ1n) is 9.25. The van der Waals surface area contributed by atoms with Gasteiger partial charge in [0, 0.05) is 63.7 Å². The second-order valence-electron chi connectivity index (χ2n) is 7.34. The first-order chi connectivity index (χ1) is 11.2. The molecular formula is C18H32N4O. The van der Waals surface area contributed by atoms with Crippen LogP contribution in [0.2, 0.25) is 0 Å². The van der Waals surface area contributed by atoms with E-state index in [0.717, 1.165) is 44.3 Å². The molecule has 2 heterocycles. The lowest BCUT2D eigenvalue weighted by Crippen LogP contribution is -2.56. The molecule has 3 rings (SSSR count). The molecule has 0 aromatic carbocycles. The van der Waals surface area contributed by atoms with Crippen molar-refractivity contribution in [2.45, 2.75) is 64.1 Å². The first kappa shape index (κ1) is 16.9. The summed E-state index contributed by atoms with van der Waals surface area (Å²) < 4.78 is 1.91. The van der Waals surface area contributed by atoms with Gasteiger partial charge in [0.2, 0.25) is 0 Å². The molecule has 0 radical (unpaired) electrons. The summed E-state index contributed by atoms with van der Waals surface area (Å²) in [5.41, 5.74) is 2.47. The van der Waals surface area contributed by atoms with Crippen LogP contribution in [0.25, 0.3) is 0 Å². The van der Waals surface area contributed by atoms with Gasteiger partial charge in [-0.2, -0.15) is 5.10 Å². The molecule has 1 aliphatic carbocycles. The SMILES string of the molecule is Cc1nn(C)cc1CN1CCN(C2CCCCC2)C(CCO)C1. The molecule has 1 unspecified atom stereocenters. The lowest BCUT2D eigenvalue weighted by molar-refractivity contribution is 0.0136. The smallest absolute Gasteiger partial charge is 0.0638 e. The lowest BCUT2D eigenvalue weighted by Gasteiger charge is -2.46. The number of piperazine rings is 1. The van der Waals surface area contributed by atoms with E-state index in [0.29, 0.717) is 12.6 Å².